The molecule has 2 fully saturated rings. The van der Waals surface area contributed by atoms with E-state index in [9.17, 15) is 9.59 Å². The van der Waals surface area contributed by atoms with Crippen LogP contribution in [0.3, 0.4) is 0 Å². The third kappa shape index (κ3) is 3.26. The fourth-order valence-electron chi connectivity index (χ4n) is 2.72. The van der Waals surface area contributed by atoms with Crippen molar-refractivity contribution in [3.8, 4) is 0 Å². The zero-order valence-electron chi connectivity index (χ0n) is 11.7. The Balaban J connectivity index is 1.80. The van der Waals surface area contributed by atoms with Crippen molar-refractivity contribution in [1.29, 1.82) is 0 Å². The van der Waals surface area contributed by atoms with Crippen molar-refractivity contribution in [2.45, 2.75) is 39.2 Å². The molecule has 0 bridgehead atoms. The Kier molecular flexibility index (Phi) is 4.45. The van der Waals surface area contributed by atoms with E-state index in [0.717, 1.165) is 6.42 Å². The second-order valence-corrected chi connectivity index (χ2v) is 6.05. The van der Waals surface area contributed by atoms with Gasteiger partial charge in [0, 0.05) is 19.7 Å². The molecular formula is C14H23NO4. The van der Waals surface area contributed by atoms with Gasteiger partial charge < -0.3 is 14.7 Å². The number of hydrogen-bond donors (Lipinski definition) is 1. The summed E-state index contributed by atoms with van der Waals surface area (Å²) in [5, 5.41) is 9.00. The van der Waals surface area contributed by atoms with Crippen LogP contribution in [0.2, 0.25) is 0 Å². The van der Waals surface area contributed by atoms with Crippen LogP contribution in [-0.4, -0.2) is 47.7 Å². The minimum Gasteiger partial charge on any atom is -0.481 e. The summed E-state index contributed by atoms with van der Waals surface area (Å²) in [6.45, 7) is 6.24. The summed E-state index contributed by atoms with van der Waals surface area (Å²) in [5.41, 5.74) is 0. The quantitative estimate of drug-likeness (QED) is 0.818. The van der Waals surface area contributed by atoms with Gasteiger partial charge in [-0.15, -0.1) is 0 Å². The van der Waals surface area contributed by atoms with Gasteiger partial charge in [-0.25, -0.2) is 0 Å². The number of carboxylic acids is 1. The molecule has 0 spiro atoms. The van der Waals surface area contributed by atoms with Gasteiger partial charge in [0.1, 0.15) is 0 Å². The summed E-state index contributed by atoms with van der Waals surface area (Å²) in [5.74, 6) is -1.11. The Hall–Kier alpha value is -1.10. The van der Waals surface area contributed by atoms with Crippen molar-refractivity contribution in [3.05, 3.63) is 0 Å². The molecule has 1 heterocycles. The molecule has 0 aromatic carbocycles. The topological polar surface area (TPSA) is 66.8 Å². The maximum atomic E-state index is 12.2. The average Bonchev–Trinajstić information content (AvgIpc) is 2.72. The Morgan fingerprint density at radius 1 is 1.26 bits per heavy atom. The Labute approximate surface area is 113 Å². The summed E-state index contributed by atoms with van der Waals surface area (Å²) < 4.78 is 5.74. The van der Waals surface area contributed by atoms with E-state index < -0.39 is 11.9 Å². The van der Waals surface area contributed by atoms with Crippen LogP contribution in [0.4, 0.5) is 0 Å². The van der Waals surface area contributed by atoms with Gasteiger partial charge in [-0.1, -0.05) is 13.8 Å². The number of likely N-dealkylation sites (tertiary alicyclic amines) is 1. The van der Waals surface area contributed by atoms with Crippen molar-refractivity contribution in [1.82, 2.24) is 4.90 Å². The van der Waals surface area contributed by atoms with Crippen molar-refractivity contribution in [2.75, 3.05) is 19.7 Å². The molecule has 1 saturated carbocycles. The monoisotopic (exact) mass is 269 g/mol. The summed E-state index contributed by atoms with van der Waals surface area (Å²) in [7, 11) is 0. The Morgan fingerprint density at radius 2 is 1.95 bits per heavy atom. The Bertz CT molecular complexity index is 355. The van der Waals surface area contributed by atoms with Gasteiger partial charge in [0.2, 0.25) is 5.91 Å². The van der Waals surface area contributed by atoms with Crippen molar-refractivity contribution < 1.29 is 19.4 Å². The van der Waals surface area contributed by atoms with Crippen LogP contribution in [0.1, 0.15) is 33.1 Å². The van der Waals surface area contributed by atoms with E-state index in [4.69, 9.17) is 9.84 Å². The standard InChI is InChI=1S/C14H23NO4/c1-9(2)8-19-10-5-6-15(7-10)13(16)11-3-4-12(11)14(17)18/h9-12H,3-8H2,1-2H3,(H,17,18). The predicted octanol–water partition coefficient (Wildman–Crippen LogP) is 1.37. The largest absolute Gasteiger partial charge is 0.481 e. The third-order valence-corrected chi connectivity index (χ3v) is 4.03. The second kappa shape index (κ2) is 5.90. The van der Waals surface area contributed by atoms with Gasteiger partial charge >= 0.3 is 5.97 Å². The van der Waals surface area contributed by atoms with Gasteiger partial charge in [0.05, 0.1) is 17.9 Å². The lowest BCUT2D eigenvalue weighted by atomic mass is 9.73. The molecule has 0 radical (unpaired) electrons. The number of nitrogens with zero attached hydrogens (tertiary/aromatic N) is 1. The fraction of sp³-hybridized carbons (Fsp3) is 0.857. The van der Waals surface area contributed by atoms with E-state index in [0.29, 0.717) is 38.5 Å². The number of rotatable bonds is 5. The highest BCUT2D eigenvalue weighted by Gasteiger charge is 2.44. The normalized spacial score (nSPS) is 30.5. The zero-order valence-corrected chi connectivity index (χ0v) is 11.7. The molecule has 1 aliphatic carbocycles. The number of carbonyl (C=O) groups excluding carboxylic acids is 1. The first-order valence-corrected chi connectivity index (χ1v) is 7.12. The number of carboxylic acid groups (broad SMARTS) is 1. The van der Waals surface area contributed by atoms with Gasteiger partial charge in [-0.3, -0.25) is 9.59 Å². The van der Waals surface area contributed by atoms with E-state index in [1.165, 1.54) is 0 Å². The van der Waals surface area contributed by atoms with Crippen molar-refractivity contribution in [2.24, 2.45) is 17.8 Å². The predicted molar refractivity (Wildman–Crippen MR) is 69.6 cm³/mol. The highest BCUT2D eigenvalue weighted by molar-refractivity contribution is 5.86. The highest BCUT2D eigenvalue weighted by atomic mass is 16.5. The van der Waals surface area contributed by atoms with Crippen LogP contribution in [0.5, 0.6) is 0 Å². The molecule has 2 rings (SSSR count). The summed E-state index contributed by atoms with van der Waals surface area (Å²) >= 11 is 0. The number of aliphatic carboxylic acids is 1. The first-order valence-electron chi connectivity index (χ1n) is 7.12. The first kappa shape index (κ1) is 14.3. The van der Waals surface area contributed by atoms with E-state index >= 15 is 0 Å². The van der Waals surface area contributed by atoms with Crippen LogP contribution < -0.4 is 0 Å². The van der Waals surface area contributed by atoms with Crippen LogP contribution in [0, 0.1) is 17.8 Å². The smallest absolute Gasteiger partial charge is 0.307 e. The summed E-state index contributed by atoms with van der Waals surface area (Å²) in [6.07, 6.45) is 2.33. The van der Waals surface area contributed by atoms with Gasteiger partial charge in [0.25, 0.3) is 0 Å². The van der Waals surface area contributed by atoms with Gasteiger partial charge in [-0.2, -0.15) is 0 Å². The third-order valence-electron chi connectivity index (χ3n) is 4.03. The lowest BCUT2D eigenvalue weighted by Gasteiger charge is -2.34. The molecule has 3 atom stereocenters. The van der Waals surface area contributed by atoms with E-state index in [2.05, 4.69) is 13.8 Å². The lowest BCUT2D eigenvalue weighted by molar-refractivity contribution is -0.156. The van der Waals surface area contributed by atoms with Crippen LogP contribution >= 0.6 is 0 Å². The minimum absolute atomic E-state index is 0.00861. The minimum atomic E-state index is -0.837. The maximum Gasteiger partial charge on any atom is 0.307 e. The molecule has 0 aromatic heterocycles. The molecule has 1 saturated heterocycles. The number of carbonyl (C=O) groups is 2. The van der Waals surface area contributed by atoms with Gasteiger partial charge in [-0.05, 0) is 25.2 Å². The number of hydrogen-bond acceptors (Lipinski definition) is 3. The molecule has 1 aliphatic heterocycles. The van der Waals surface area contributed by atoms with Crippen molar-refractivity contribution in [3.63, 3.8) is 0 Å². The molecule has 0 aromatic rings. The summed E-state index contributed by atoms with van der Waals surface area (Å²) in [4.78, 5) is 25.0. The average molecular weight is 269 g/mol. The van der Waals surface area contributed by atoms with Crippen LogP contribution in [-0.2, 0) is 14.3 Å². The van der Waals surface area contributed by atoms with Crippen molar-refractivity contribution >= 4 is 11.9 Å². The van der Waals surface area contributed by atoms with E-state index in [1.54, 1.807) is 4.90 Å². The zero-order chi connectivity index (χ0) is 14.0. The molecule has 108 valence electrons. The molecule has 3 unspecified atom stereocenters. The molecule has 1 N–H and O–H groups in total. The number of amides is 1. The SMILES string of the molecule is CC(C)COC1CCN(C(=O)C2CCC2C(=O)O)C1. The van der Waals surface area contributed by atoms with Gasteiger partial charge in [0.15, 0.2) is 0 Å². The first-order chi connectivity index (χ1) is 8.99. The van der Waals surface area contributed by atoms with Crippen LogP contribution in [0.15, 0.2) is 0 Å². The maximum absolute atomic E-state index is 12.2. The second-order valence-electron chi connectivity index (χ2n) is 6.05. The molecule has 1 amide bonds. The van der Waals surface area contributed by atoms with Crippen LogP contribution in [0.25, 0.3) is 0 Å². The molecule has 19 heavy (non-hydrogen) atoms. The summed E-state index contributed by atoms with van der Waals surface area (Å²) in [6, 6.07) is 0. The molecular weight excluding hydrogens is 246 g/mol. The molecule has 2 aliphatic rings. The molecule has 5 heteroatoms. The van der Waals surface area contributed by atoms with E-state index in [-0.39, 0.29) is 17.9 Å². The molecule has 5 nitrogen and oxygen atoms in total. The lowest BCUT2D eigenvalue weighted by Crippen LogP contribution is -2.45. The number of ether oxygens (including phenoxy) is 1. The van der Waals surface area contributed by atoms with E-state index in [1.807, 2.05) is 0 Å². The Morgan fingerprint density at radius 3 is 2.47 bits per heavy atom. The highest BCUT2D eigenvalue weighted by Crippen LogP contribution is 2.36. The fourth-order valence-corrected chi connectivity index (χ4v) is 2.72.